The fraction of sp³-hybridized carbons (Fsp3) is 0.160. The Bertz CT molecular complexity index is 1340. The van der Waals surface area contributed by atoms with Crippen molar-refractivity contribution in [1.29, 1.82) is 5.26 Å². The number of amides is 2. The van der Waals surface area contributed by atoms with E-state index in [1.807, 2.05) is 61.5 Å². The maximum atomic E-state index is 12.2. The second-order valence-corrected chi connectivity index (χ2v) is 7.75. The molecule has 2 aromatic heterocycles. The highest BCUT2D eigenvalue weighted by atomic mass is 16.5. The fourth-order valence-corrected chi connectivity index (χ4v) is 3.41. The van der Waals surface area contributed by atoms with Gasteiger partial charge in [-0.1, -0.05) is 18.2 Å². The number of para-hydroxylation sites is 1. The molecule has 1 atom stereocenters. The lowest BCUT2D eigenvalue weighted by molar-refractivity contribution is 0.190. The van der Waals surface area contributed by atoms with E-state index in [9.17, 15) is 15.2 Å². The normalized spacial score (nSPS) is 11.5. The first-order chi connectivity index (χ1) is 16.4. The molecule has 4 aromatic rings. The summed E-state index contributed by atoms with van der Waals surface area (Å²) >= 11 is 0. The molecule has 2 aromatic carbocycles. The highest BCUT2D eigenvalue weighted by molar-refractivity contribution is 5.94. The average Bonchev–Trinajstić information content (AvgIpc) is 3.15. The molecule has 0 aliphatic carbocycles. The van der Waals surface area contributed by atoms with E-state index in [-0.39, 0.29) is 6.54 Å². The molecule has 0 fully saturated rings. The summed E-state index contributed by atoms with van der Waals surface area (Å²) in [6.07, 6.45) is 2.49. The van der Waals surface area contributed by atoms with Gasteiger partial charge < -0.3 is 25.8 Å². The topological polar surface area (TPSA) is 124 Å². The van der Waals surface area contributed by atoms with E-state index in [1.54, 1.807) is 17.6 Å². The van der Waals surface area contributed by atoms with Crippen LogP contribution in [0, 0.1) is 18.3 Å². The first kappa shape index (κ1) is 22.6. The summed E-state index contributed by atoms with van der Waals surface area (Å²) in [5.41, 5.74) is 3.64. The smallest absolute Gasteiger partial charge is 0.319 e. The summed E-state index contributed by atoms with van der Waals surface area (Å²) in [5.74, 6) is 1.43. The predicted molar refractivity (Wildman–Crippen MR) is 130 cm³/mol. The van der Waals surface area contributed by atoms with Crippen LogP contribution < -0.4 is 20.7 Å². The number of hydrogen-bond acceptors (Lipinski definition) is 6. The zero-order valence-corrected chi connectivity index (χ0v) is 18.7. The van der Waals surface area contributed by atoms with Gasteiger partial charge in [-0.15, -0.1) is 0 Å². The Balaban J connectivity index is 1.59. The van der Waals surface area contributed by atoms with Crippen molar-refractivity contribution in [3.05, 3.63) is 78.1 Å². The van der Waals surface area contributed by atoms with Gasteiger partial charge in [-0.3, -0.25) is 0 Å². The predicted octanol–water partition coefficient (Wildman–Crippen LogP) is 4.55. The largest absolute Gasteiger partial charge is 0.457 e. The van der Waals surface area contributed by atoms with Crippen molar-refractivity contribution in [2.45, 2.75) is 20.0 Å². The van der Waals surface area contributed by atoms with Crippen LogP contribution in [0.1, 0.15) is 18.1 Å². The van der Waals surface area contributed by atoms with E-state index in [0.717, 1.165) is 17.0 Å². The Labute approximate surface area is 196 Å². The summed E-state index contributed by atoms with van der Waals surface area (Å²) in [7, 11) is 0. The molecular weight excluding hydrogens is 432 g/mol. The molecular formula is C25H24N6O3. The Hall–Kier alpha value is -4.55. The van der Waals surface area contributed by atoms with Gasteiger partial charge in [-0.05, 0) is 50.2 Å². The van der Waals surface area contributed by atoms with Crippen molar-refractivity contribution in [3.63, 3.8) is 0 Å². The van der Waals surface area contributed by atoms with E-state index < -0.39 is 12.1 Å². The lowest BCUT2D eigenvalue weighted by Gasteiger charge is -2.12. The van der Waals surface area contributed by atoms with Crippen LogP contribution in [0.2, 0.25) is 0 Å². The Morgan fingerprint density at radius 3 is 2.56 bits per heavy atom. The molecule has 4 N–H and O–H groups in total. The average molecular weight is 457 g/mol. The Morgan fingerprint density at radius 2 is 1.88 bits per heavy atom. The third-order valence-corrected chi connectivity index (χ3v) is 5.09. The van der Waals surface area contributed by atoms with Crippen molar-refractivity contribution in [2.24, 2.45) is 0 Å². The Kier molecular flexibility index (Phi) is 6.62. The van der Waals surface area contributed by atoms with Gasteiger partial charge in [0.25, 0.3) is 0 Å². The third kappa shape index (κ3) is 5.09. The quantitative estimate of drug-likeness (QED) is 0.323. The molecule has 0 unspecified atom stereocenters. The number of ether oxygens (including phenoxy) is 1. The van der Waals surface area contributed by atoms with Gasteiger partial charge in [0, 0.05) is 17.8 Å². The van der Waals surface area contributed by atoms with Crippen molar-refractivity contribution in [2.75, 3.05) is 17.2 Å². The molecule has 0 radical (unpaired) electrons. The van der Waals surface area contributed by atoms with Crippen LogP contribution in [0.3, 0.4) is 0 Å². The molecule has 34 heavy (non-hydrogen) atoms. The standard InChI is InChI=1S/C25H24N6O3/c1-16(32)13-27-25(33)30-22-15-31-24(17(22)2)23(18(12-26)14-28-31)29-19-8-10-21(11-9-19)34-20-6-4-3-5-7-20/h3-11,14-16,29,32H,13H2,1-2H3,(H2,27,30,33)/t16-/m0/s1. The molecule has 9 nitrogen and oxygen atoms in total. The number of aryl methyl sites for hydroxylation is 1. The van der Waals surface area contributed by atoms with Gasteiger partial charge in [0.2, 0.25) is 0 Å². The molecule has 0 aliphatic rings. The molecule has 0 aliphatic heterocycles. The monoisotopic (exact) mass is 456 g/mol. The van der Waals surface area contributed by atoms with Crippen LogP contribution in [0.4, 0.5) is 21.9 Å². The molecule has 9 heteroatoms. The van der Waals surface area contributed by atoms with Crippen LogP contribution in [0.5, 0.6) is 11.5 Å². The third-order valence-electron chi connectivity index (χ3n) is 5.09. The van der Waals surface area contributed by atoms with Crippen LogP contribution in [0.25, 0.3) is 5.52 Å². The van der Waals surface area contributed by atoms with Gasteiger partial charge in [-0.2, -0.15) is 10.4 Å². The zero-order valence-electron chi connectivity index (χ0n) is 18.7. The van der Waals surface area contributed by atoms with Crippen molar-refractivity contribution >= 4 is 28.6 Å². The highest BCUT2D eigenvalue weighted by Crippen LogP contribution is 2.33. The number of carbonyl (C=O) groups excluding carboxylic acids is 1. The minimum atomic E-state index is -0.653. The molecule has 0 bridgehead atoms. The molecule has 0 spiro atoms. The van der Waals surface area contributed by atoms with Gasteiger partial charge in [0.1, 0.15) is 17.6 Å². The minimum absolute atomic E-state index is 0.131. The highest BCUT2D eigenvalue weighted by Gasteiger charge is 2.17. The number of nitrogens with zero attached hydrogens (tertiary/aromatic N) is 3. The number of anilines is 3. The Morgan fingerprint density at radius 1 is 1.18 bits per heavy atom. The van der Waals surface area contributed by atoms with E-state index in [1.165, 1.54) is 6.20 Å². The van der Waals surface area contributed by atoms with Gasteiger partial charge in [0.05, 0.1) is 41.0 Å². The van der Waals surface area contributed by atoms with Crippen LogP contribution in [-0.4, -0.2) is 33.4 Å². The molecule has 0 saturated heterocycles. The molecule has 0 saturated carbocycles. The number of fused-ring (bicyclic) bond motifs is 1. The number of nitriles is 1. The second-order valence-electron chi connectivity index (χ2n) is 7.75. The number of nitrogens with one attached hydrogen (secondary N) is 3. The number of hydrogen-bond donors (Lipinski definition) is 4. The summed E-state index contributed by atoms with van der Waals surface area (Å²) in [5, 5.41) is 32.0. The molecule has 172 valence electrons. The number of aliphatic hydroxyl groups excluding tert-OH is 1. The van der Waals surface area contributed by atoms with E-state index >= 15 is 0 Å². The van der Waals surface area contributed by atoms with Gasteiger partial charge >= 0.3 is 6.03 Å². The number of urea groups is 1. The summed E-state index contributed by atoms with van der Waals surface area (Å²) in [6, 6.07) is 18.6. The maximum absolute atomic E-state index is 12.2. The van der Waals surface area contributed by atoms with Crippen LogP contribution >= 0.6 is 0 Å². The number of aromatic nitrogens is 2. The lowest BCUT2D eigenvalue weighted by Crippen LogP contribution is -2.34. The van der Waals surface area contributed by atoms with Gasteiger partial charge in [-0.25, -0.2) is 9.31 Å². The van der Waals surface area contributed by atoms with Gasteiger partial charge in [0.15, 0.2) is 0 Å². The summed E-state index contributed by atoms with van der Waals surface area (Å²) in [6.45, 7) is 3.56. The minimum Gasteiger partial charge on any atom is -0.457 e. The summed E-state index contributed by atoms with van der Waals surface area (Å²) in [4.78, 5) is 12.2. The number of aliphatic hydroxyl groups is 1. The van der Waals surface area contributed by atoms with E-state index in [2.05, 4.69) is 27.1 Å². The number of rotatable bonds is 7. The number of carbonyl (C=O) groups is 1. The summed E-state index contributed by atoms with van der Waals surface area (Å²) < 4.78 is 7.44. The molecule has 4 rings (SSSR count). The van der Waals surface area contributed by atoms with E-state index in [4.69, 9.17) is 4.74 Å². The van der Waals surface area contributed by atoms with Crippen LogP contribution in [-0.2, 0) is 0 Å². The molecule has 2 heterocycles. The van der Waals surface area contributed by atoms with Crippen molar-refractivity contribution in [1.82, 2.24) is 14.9 Å². The lowest BCUT2D eigenvalue weighted by atomic mass is 10.1. The number of benzene rings is 2. The zero-order chi connectivity index (χ0) is 24.1. The first-order valence-electron chi connectivity index (χ1n) is 10.7. The first-order valence-corrected chi connectivity index (χ1v) is 10.7. The van der Waals surface area contributed by atoms with E-state index in [0.29, 0.717) is 28.2 Å². The van der Waals surface area contributed by atoms with Crippen LogP contribution in [0.15, 0.2) is 67.0 Å². The second kappa shape index (κ2) is 9.94. The fourth-order valence-electron chi connectivity index (χ4n) is 3.41. The van der Waals surface area contributed by atoms with Crippen molar-refractivity contribution < 1.29 is 14.6 Å². The maximum Gasteiger partial charge on any atom is 0.319 e. The molecule has 2 amide bonds. The van der Waals surface area contributed by atoms with Crippen molar-refractivity contribution in [3.8, 4) is 17.6 Å². The SMILES string of the molecule is Cc1c(NC(=O)NC[C@H](C)O)cn2ncc(C#N)c(Nc3ccc(Oc4ccccc4)cc3)c12.